The van der Waals surface area contributed by atoms with Gasteiger partial charge < -0.3 is 15.8 Å². The van der Waals surface area contributed by atoms with Gasteiger partial charge in [0, 0.05) is 0 Å². The number of nitrogens with one attached hydrogen (secondary N) is 1. The monoisotopic (exact) mass is 185 g/mol. The van der Waals surface area contributed by atoms with Gasteiger partial charge in [-0.2, -0.15) is 5.26 Å². The van der Waals surface area contributed by atoms with Gasteiger partial charge in [-0.25, -0.2) is 4.79 Å². The third-order valence-electron chi connectivity index (χ3n) is 1.16. The van der Waals surface area contributed by atoms with Crippen LogP contribution >= 0.6 is 0 Å². The Morgan fingerprint density at radius 3 is 2.77 bits per heavy atom. The van der Waals surface area contributed by atoms with Gasteiger partial charge in [0.15, 0.2) is 6.04 Å². The largest absolute Gasteiger partial charge is 0.464 e. The number of carbonyl (C=O) groups excluding carboxylic acids is 2. The van der Waals surface area contributed by atoms with Gasteiger partial charge >= 0.3 is 5.97 Å². The Morgan fingerprint density at radius 2 is 2.31 bits per heavy atom. The van der Waals surface area contributed by atoms with Crippen LogP contribution in [0, 0.1) is 11.3 Å². The zero-order valence-corrected chi connectivity index (χ0v) is 7.24. The SMILES string of the molecule is CCOC(=O)C(N)C(=O)NCC#N. The topological polar surface area (TPSA) is 105 Å². The molecule has 13 heavy (non-hydrogen) atoms. The fraction of sp³-hybridized carbons (Fsp3) is 0.571. The molecule has 1 atom stereocenters. The lowest BCUT2D eigenvalue weighted by Gasteiger charge is -2.08. The van der Waals surface area contributed by atoms with Crippen LogP contribution < -0.4 is 11.1 Å². The minimum Gasteiger partial charge on any atom is -0.464 e. The van der Waals surface area contributed by atoms with E-state index >= 15 is 0 Å². The molecule has 0 aromatic heterocycles. The van der Waals surface area contributed by atoms with E-state index in [1.807, 2.05) is 0 Å². The molecule has 0 saturated carbocycles. The second-order valence-corrected chi connectivity index (χ2v) is 2.11. The Morgan fingerprint density at radius 1 is 1.69 bits per heavy atom. The number of nitrogens with two attached hydrogens (primary N) is 1. The molecule has 0 aromatic rings. The molecule has 0 rings (SSSR count). The molecule has 0 heterocycles. The van der Waals surface area contributed by atoms with Gasteiger partial charge in [-0.15, -0.1) is 0 Å². The lowest BCUT2D eigenvalue weighted by atomic mass is 10.3. The standard InChI is InChI=1S/C7H11N3O3/c1-2-13-7(12)5(9)6(11)10-4-3-8/h5H,2,4,9H2,1H3,(H,10,11). The molecule has 0 radical (unpaired) electrons. The first-order chi connectivity index (χ1) is 6.13. The van der Waals surface area contributed by atoms with Gasteiger partial charge in [0.1, 0.15) is 6.54 Å². The van der Waals surface area contributed by atoms with E-state index < -0.39 is 17.9 Å². The summed E-state index contributed by atoms with van der Waals surface area (Å²) in [5, 5.41) is 10.3. The van der Waals surface area contributed by atoms with Crippen molar-refractivity contribution in [2.24, 2.45) is 5.73 Å². The second-order valence-electron chi connectivity index (χ2n) is 2.11. The van der Waals surface area contributed by atoms with Crippen molar-refractivity contribution in [1.29, 1.82) is 5.26 Å². The number of hydrogen-bond acceptors (Lipinski definition) is 5. The molecule has 0 fully saturated rings. The number of nitriles is 1. The summed E-state index contributed by atoms with van der Waals surface area (Å²) in [6.07, 6.45) is 0. The quantitative estimate of drug-likeness (QED) is 0.315. The van der Waals surface area contributed by atoms with Crippen LogP contribution in [0.15, 0.2) is 0 Å². The number of carbonyl (C=O) groups is 2. The highest BCUT2D eigenvalue weighted by Crippen LogP contribution is 1.85. The predicted octanol–water partition coefficient (Wildman–Crippen LogP) is -1.48. The van der Waals surface area contributed by atoms with Gasteiger partial charge in [-0.05, 0) is 6.92 Å². The van der Waals surface area contributed by atoms with Crippen LogP contribution in [0.3, 0.4) is 0 Å². The summed E-state index contributed by atoms with van der Waals surface area (Å²) in [4.78, 5) is 21.8. The molecule has 0 spiro atoms. The van der Waals surface area contributed by atoms with Crippen molar-refractivity contribution in [3.05, 3.63) is 0 Å². The Labute approximate surface area is 75.6 Å². The smallest absolute Gasteiger partial charge is 0.332 e. The van der Waals surface area contributed by atoms with Crippen molar-refractivity contribution in [2.75, 3.05) is 13.2 Å². The third kappa shape index (κ3) is 4.08. The summed E-state index contributed by atoms with van der Waals surface area (Å²) in [5.74, 6) is -1.50. The maximum absolute atomic E-state index is 10.9. The number of rotatable bonds is 4. The molecule has 0 saturated heterocycles. The fourth-order valence-corrected chi connectivity index (χ4v) is 0.576. The first-order valence-corrected chi connectivity index (χ1v) is 3.70. The van der Waals surface area contributed by atoms with E-state index in [4.69, 9.17) is 11.0 Å². The third-order valence-corrected chi connectivity index (χ3v) is 1.16. The average molecular weight is 185 g/mol. The van der Waals surface area contributed by atoms with Crippen molar-refractivity contribution in [3.63, 3.8) is 0 Å². The second kappa shape index (κ2) is 5.97. The van der Waals surface area contributed by atoms with Crippen LogP contribution in [-0.2, 0) is 14.3 Å². The van der Waals surface area contributed by atoms with Gasteiger partial charge in [0.25, 0.3) is 0 Å². The molecule has 0 aliphatic heterocycles. The molecule has 0 aliphatic carbocycles. The van der Waals surface area contributed by atoms with Gasteiger partial charge in [-0.1, -0.05) is 0 Å². The van der Waals surface area contributed by atoms with E-state index in [0.717, 1.165) is 0 Å². The lowest BCUT2D eigenvalue weighted by Crippen LogP contribution is -2.46. The van der Waals surface area contributed by atoms with E-state index in [1.54, 1.807) is 13.0 Å². The van der Waals surface area contributed by atoms with E-state index in [-0.39, 0.29) is 13.2 Å². The highest BCUT2D eigenvalue weighted by atomic mass is 16.5. The molecule has 0 aliphatic rings. The van der Waals surface area contributed by atoms with Crippen LogP contribution in [0.1, 0.15) is 6.92 Å². The number of ether oxygens (including phenoxy) is 1. The number of hydrogen-bond donors (Lipinski definition) is 2. The molecular weight excluding hydrogens is 174 g/mol. The summed E-state index contributed by atoms with van der Waals surface area (Å²) in [6.45, 7) is 1.60. The Balaban J connectivity index is 3.95. The molecule has 0 bridgehead atoms. The Bertz CT molecular complexity index is 234. The Kier molecular flexibility index (Phi) is 5.23. The highest BCUT2D eigenvalue weighted by molar-refractivity contribution is 6.01. The van der Waals surface area contributed by atoms with E-state index in [0.29, 0.717) is 0 Å². The van der Waals surface area contributed by atoms with E-state index in [1.165, 1.54) is 0 Å². The van der Waals surface area contributed by atoms with Gasteiger partial charge in [-0.3, -0.25) is 4.79 Å². The zero-order valence-electron chi connectivity index (χ0n) is 7.24. The number of nitrogens with zero attached hydrogens (tertiary/aromatic N) is 1. The van der Waals surface area contributed by atoms with Crippen molar-refractivity contribution < 1.29 is 14.3 Å². The minimum absolute atomic E-state index is 0.165. The summed E-state index contributed by atoms with van der Waals surface area (Å²) >= 11 is 0. The molecule has 3 N–H and O–H groups in total. The summed E-state index contributed by atoms with van der Waals surface area (Å²) in [7, 11) is 0. The first-order valence-electron chi connectivity index (χ1n) is 3.70. The van der Waals surface area contributed by atoms with Crippen LogP contribution in [0.25, 0.3) is 0 Å². The van der Waals surface area contributed by atoms with Crippen LogP contribution in [0.5, 0.6) is 0 Å². The molecular formula is C7H11N3O3. The fourth-order valence-electron chi connectivity index (χ4n) is 0.576. The van der Waals surface area contributed by atoms with Crippen LogP contribution in [-0.4, -0.2) is 31.1 Å². The van der Waals surface area contributed by atoms with Crippen molar-refractivity contribution in [2.45, 2.75) is 13.0 Å². The first kappa shape index (κ1) is 11.4. The Hall–Kier alpha value is -1.61. The van der Waals surface area contributed by atoms with Crippen molar-refractivity contribution in [1.82, 2.24) is 5.32 Å². The molecule has 1 unspecified atom stereocenters. The van der Waals surface area contributed by atoms with E-state index in [2.05, 4.69) is 10.1 Å². The highest BCUT2D eigenvalue weighted by Gasteiger charge is 2.22. The molecule has 6 heteroatoms. The lowest BCUT2D eigenvalue weighted by molar-refractivity contribution is -0.147. The summed E-state index contributed by atoms with van der Waals surface area (Å²) < 4.78 is 4.50. The normalized spacial score (nSPS) is 11.2. The van der Waals surface area contributed by atoms with Gasteiger partial charge in [0.2, 0.25) is 5.91 Å². The van der Waals surface area contributed by atoms with Crippen LogP contribution in [0.4, 0.5) is 0 Å². The minimum atomic E-state index is -1.35. The molecule has 1 amide bonds. The summed E-state index contributed by atoms with van der Waals surface area (Å²) in [6, 6.07) is 0.331. The zero-order chi connectivity index (χ0) is 10.3. The predicted molar refractivity (Wildman–Crippen MR) is 43.2 cm³/mol. The van der Waals surface area contributed by atoms with Crippen molar-refractivity contribution >= 4 is 11.9 Å². The maximum atomic E-state index is 10.9. The summed E-state index contributed by atoms with van der Waals surface area (Å²) in [5.41, 5.74) is 5.19. The van der Waals surface area contributed by atoms with Gasteiger partial charge in [0.05, 0.1) is 12.7 Å². The van der Waals surface area contributed by atoms with Crippen LogP contribution in [0.2, 0.25) is 0 Å². The average Bonchev–Trinajstić information content (AvgIpc) is 2.13. The number of esters is 1. The van der Waals surface area contributed by atoms with Crippen molar-refractivity contribution in [3.8, 4) is 6.07 Å². The molecule has 6 nitrogen and oxygen atoms in total. The molecule has 0 aromatic carbocycles. The maximum Gasteiger partial charge on any atom is 0.332 e. The number of amides is 1. The van der Waals surface area contributed by atoms with E-state index in [9.17, 15) is 9.59 Å². The molecule has 72 valence electrons.